The molecule has 0 spiro atoms. The molecule has 0 saturated carbocycles. The lowest BCUT2D eigenvalue weighted by Gasteiger charge is -2.34. The molecule has 2 aromatic carbocycles. The molecule has 2 aromatic rings. The average Bonchev–Trinajstić information content (AvgIpc) is 2.84. The number of benzene rings is 2. The van der Waals surface area contributed by atoms with E-state index in [0.29, 0.717) is 29.0 Å². The van der Waals surface area contributed by atoms with Crippen molar-refractivity contribution in [1.82, 2.24) is 9.21 Å². The molecule has 1 amide bonds. The van der Waals surface area contributed by atoms with Crippen molar-refractivity contribution in [3.05, 3.63) is 59.7 Å². The van der Waals surface area contributed by atoms with Gasteiger partial charge in [-0.3, -0.25) is 4.79 Å². The van der Waals surface area contributed by atoms with Crippen LogP contribution in [0.25, 0.3) is 0 Å². The lowest BCUT2D eigenvalue weighted by molar-refractivity contribution is 0.0698. The van der Waals surface area contributed by atoms with E-state index >= 15 is 0 Å². The van der Waals surface area contributed by atoms with Gasteiger partial charge >= 0.3 is 0 Å². The molecule has 2 heterocycles. The number of hydrogen-bond donors (Lipinski definition) is 0. The number of rotatable bonds is 5. The van der Waals surface area contributed by atoms with Gasteiger partial charge in [0, 0.05) is 31.7 Å². The molecule has 6 nitrogen and oxygen atoms in total. The molecule has 0 N–H and O–H groups in total. The van der Waals surface area contributed by atoms with Crippen LogP contribution in [-0.4, -0.2) is 68.3 Å². The Kier molecular flexibility index (Phi) is 7.15. The Morgan fingerprint density at radius 3 is 2.13 bits per heavy atom. The summed E-state index contributed by atoms with van der Waals surface area (Å²) in [5, 5.41) is 0. The first kappa shape index (κ1) is 22.5. The van der Waals surface area contributed by atoms with Crippen LogP contribution in [0.2, 0.25) is 0 Å². The maximum absolute atomic E-state index is 12.9. The summed E-state index contributed by atoms with van der Waals surface area (Å²) >= 11 is 3.92. The average molecular weight is 479 g/mol. The fourth-order valence-electron chi connectivity index (χ4n) is 3.67. The first-order valence-corrected chi connectivity index (χ1v) is 13.8. The highest BCUT2D eigenvalue weighted by Gasteiger charge is 2.30. The van der Waals surface area contributed by atoms with Crippen molar-refractivity contribution in [1.29, 1.82) is 0 Å². The number of sulfonamides is 1. The molecular weight excluding hydrogens is 452 g/mol. The van der Waals surface area contributed by atoms with Crippen molar-refractivity contribution in [2.24, 2.45) is 0 Å². The summed E-state index contributed by atoms with van der Waals surface area (Å²) in [5.41, 5.74) is 1.91. The summed E-state index contributed by atoms with van der Waals surface area (Å²) in [6.45, 7) is 1.33. The minimum absolute atomic E-state index is 0.0444. The molecule has 0 radical (unpaired) electrons. The van der Waals surface area contributed by atoms with Gasteiger partial charge in [0.15, 0.2) is 0 Å². The second-order valence-electron chi connectivity index (χ2n) is 7.42. The Balaban J connectivity index is 1.37. The summed E-state index contributed by atoms with van der Waals surface area (Å²) in [7, 11) is -2.04. The second-order valence-corrected chi connectivity index (χ2v) is 12.1. The van der Waals surface area contributed by atoms with E-state index in [0.717, 1.165) is 0 Å². The largest absolute Gasteiger partial charge is 0.497 e. The van der Waals surface area contributed by atoms with Crippen molar-refractivity contribution >= 4 is 39.5 Å². The van der Waals surface area contributed by atoms with Crippen molar-refractivity contribution in [2.75, 3.05) is 44.8 Å². The minimum Gasteiger partial charge on any atom is -0.497 e. The second kappa shape index (κ2) is 9.85. The molecule has 9 heteroatoms. The number of amides is 1. The molecule has 0 atom stereocenters. The fourth-order valence-corrected chi connectivity index (χ4v) is 7.99. The molecule has 0 unspecified atom stereocenters. The van der Waals surface area contributed by atoms with Gasteiger partial charge in [-0.05, 0) is 59.9 Å². The Hall–Kier alpha value is -1.68. The van der Waals surface area contributed by atoms with Crippen molar-refractivity contribution in [3.63, 3.8) is 0 Å². The van der Waals surface area contributed by atoms with Gasteiger partial charge in [0.2, 0.25) is 10.0 Å². The lowest BCUT2D eigenvalue weighted by Crippen LogP contribution is -2.50. The predicted octanol–water partition coefficient (Wildman–Crippen LogP) is 3.71. The van der Waals surface area contributed by atoms with Crippen molar-refractivity contribution in [2.45, 2.75) is 15.9 Å². The summed E-state index contributed by atoms with van der Waals surface area (Å²) in [6, 6.07) is 14.3. The molecule has 2 aliphatic heterocycles. The van der Waals surface area contributed by atoms with Crippen LogP contribution in [0.15, 0.2) is 53.4 Å². The lowest BCUT2D eigenvalue weighted by atomic mass is 10.1. The third-order valence-electron chi connectivity index (χ3n) is 5.48. The summed E-state index contributed by atoms with van der Waals surface area (Å²) in [4.78, 5) is 14.9. The highest BCUT2D eigenvalue weighted by Crippen LogP contribution is 2.43. The zero-order chi connectivity index (χ0) is 21.8. The minimum atomic E-state index is -3.58. The molecule has 2 fully saturated rings. The Labute approximate surface area is 192 Å². The van der Waals surface area contributed by atoms with E-state index in [1.54, 1.807) is 36.3 Å². The fraction of sp³-hybridized carbons (Fsp3) is 0.409. The number of hydrogen-bond acceptors (Lipinski definition) is 6. The van der Waals surface area contributed by atoms with E-state index in [2.05, 4.69) is 0 Å². The van der Waals surface area contributed by atoms with Crippen LogP contribution in [0.1, 0.15) is 26.9 Å². The molecule has 0 bridgehead atoms. The molecule has 31 heavy (non-hydrogen) atoms. The van der Waals surface area contributed by atoms with E-state index in [1.807, 2.05) is 47.8 Å². The van der Waals surface area contributed by atoms with Gasteiger partial charge in [-0.25, -0.2) is 8.42 Å². The molecule has 2 aliphatic rings. The van der Waals surface area contributed by atoms with Crippen LogP contribution in [0, 0.1) is 0 Å². The Morgan fingerprint density at radius 2 is 1.55 bits per heavy atom. The van der Waals surface area contributed by atoms with Crippen LogP contribution in [0.5, 0.6) is 5.75 Å². The van der Waals surface area contributed by atoms with Gasteiger partial charge < -0.3 is 9.64 Å². The van der Waals surface area contributed by atoms with E-state index in [1.165, 1.54) is 27.8 Å². The van der Waals surface area contributed by atoms with E-state index < -0.39 is 10.0 Å². The highest BCUT2D eigenvalue weighted by molar-refractivity contribution is 8.16. The first-order chi connectivity index (χ1) is 15.0. The Morgan fingerprint density at radius 1 is 0.935 bits per heavy atom. The summed E-state index contributed by atoms with van der Waals surface area (Å²) in [6.07, 6.45) is 1.25. The van der Waals surface area contributed by atoms with Crippen LogP contribution in [0.3, 0.4) is 0 Å². The van der Waals surface area contributed by atoms with Crippen LogP contribution in [0.4, 0.5) is 0 Å². The van der Waals surface area contributed by atoms with Gasteiger partial charge in [0.05, 0.1) is 16.6 Å². The van der Waals surface area contributed by atoms with Gasteiger partial charge in [-0.15, -0.1) is 23.5 Å². The third-order valence-corrected chi connectivity index (χ3v) is 10.4. The van der Waals surface area contributed by atoms with Gasteiger partial charge in [0.1, 0.15) is 5.75 Å². The van der Waals surface area contributed by atoms with Crippen LogP contribution >= 0.6 is 23.5 Å². The normalized spacial score (nSPS) is 18.7. The van der Waals surface area contributed by atoms with Gasteiger partial charge in [-0.1, -0.05) is 12.1 Å². The number of piperazine rings is 1. The number of nitrogens with zero attached hydrogens (tertiary/aromatic N) is 2. The van der Waals surface area contributed by atoms with Crippen LogP contribution < -0.4 is 4.74 Å². The SMILES string of the molecule is COc1ccc(S(=O)(=O)N2CCN(C(=O)c3ccc(C4SCCCS4)cc3)CC2)cc1. The molecule has 4 rings (SSSR count). The van der Waals surface area contributed by atoms with Gasteiger partial charge in [-0.2, -0.15) is 4.31 Å². The predicted molar refractivity (Wildman–Crippen MR) is 126 cm³/mol. The number of methoxy groups -OCH3 is 1. The number of carbonyl (C=O) groups excluding carboxylic acids is 1. The van der Waals surface area contributed by atoms with Crippen LogP contribution in [-0.2, 0) is 10.0 Å². The monoisotopic (exact) mass is 478 g/mol. The number of carbonyl (C=O) groups is 1. The van der Waals surface area contributed by atoms with Crippen molar-refractivity contribution in [3.8, 4) is 5.75 Å². The molecule has 166 valence electrons. The third kappa shape index (κ3) is 5.05. The standard InChI is InChI=1S/C22H26N2O4S3/c1-28-19-7-9-20(10-8-19)31(26,27)24-13-11-23(12-14-24)21(25)17-3-5-18(6-4-17)22-29-15-2-16-30-22/h3-10,22H,2,11-16H2,1H3. The smallest absolute Gasteiger partial charge is 0.253 e. The quantitative estimate of drug-likeness (QED) is 0.653. The maximum Gasteiger partial charge on any atom is 0.253 e. The van der Waals surface area contributed by atoms with E-state index in [4.69, 9.17) is 4.74 Å². The molecular formula is C22H26N2O4S3. The highest BCUT2D eigenvalue weighted by atomic mass is 32.2. The number of thioether (sulfide) groups is 2. The maximum atomic E-state index is 12.9. The van der Waals surface area contributed by atoms with Crippen molar-refractivity contribution < 1.29 is 17.9 Å². The van der Waals surface area contributed by atoms with Gasteiger partial charge in [0.25, 0.3) is 5.91 Å². The zero-order valence-electron chi connectivity index (χ0n) is 17.4. The molecule has 0 aliphatic carbocycles. The summed E-state index contributed by atoms with van der Waals surface area (Å²) in [5.74, 6) is 2.93. The summed E-state index contributed by atoms with van der Waals surface area (Å²) < 4.78 is 32.8. The molecule has 2 saturated heterocycles. The molecule has 0 aromatic heterocycles. The zero-order valence-corrected chi connectivity index (χ0v) is 19.8. The Bertz CT molecular complexity index is 996. The number of ether oxygens (including phenoxy) is 1. The topological polar surface area (TPSA) is 66.9 Å². The van der Waals surface area contributed by atoms with E-state index in [9.17, 15) is 13.2 Å². The first-order valence-electron chi connectivity index (χ1n) is 10.3. The van der Waals surface area contributed by atoms with E-state index in [-0.39, 0.29) is 23.9 Å².